The Hall–Kier alpha value is -1.80. The van der Waals surface area contributed by atoms with Gasteiger partial charge < -0.3 is 15.1 Å². The second-order valence-corrected chi connectivity index (χ2v) is 6.70. The minimum Gasteiger partial charge on any atom is -0.356 e. The van der Waals surface area contributed by atoms with Gasteiger partial charge in [0.15, 0.2) is 0 Å². The number of hydrogen-bond donors (Lipinski definition) is 1. The molecule has 25 heavy (non-hydrogen) atoms. The molecular weight excluding hydrogens is 339 g/mol. The lowest BCUT2D eigenvalue weighted by Gasteiger charge is -2.33. The van der Waals surface area contributed by atoms with Crippen molar-refractivity contribution in [3.8, 4) is 0 Å². The van der Waals surface area contributed by atoms with E-state index in [-0.39, 0.29) is 37.2 Å². The third-order valence-electron chi connectivity index (χ3n) is 4.59. The predicted molar refractivity (Wildman–Crippen MR) is 83.3 cm³/mol. The van der Waals surface area contributed by atoms with Crippen LogP contribution in [0.3, 0.4) is 0 Å². The molecule has 2 unspecified atom stereocenters. The number of piperidine rings is 1. The van der Waals surface area contributed by atoms with Gasteiger partial charge in [-0.05, 0) is 19.3 Å². The van der Waals surface area contributed by atoms with Crippen LogP contribution in [-0.2, 0) is 14.4 Å². The van der Waals surface area contributed by atoms with Crippen LogP contribution in [0.15, 0.2) is 0 Å². The van der Waals surface area contributed by atoms with E-state index in [1.54, 1.807) is 0 Å². The second kappa shape index (κ2) is 8.05. The van der Waals surface area contributed by atoms with Crippen LogP contribution in [0.2, 0.25) is 0 Å². The average Bonchev–Trinajstić information content (AvgIpc) is 2.91. The first kappa shape index (κ1) is 19.5. The van der Waals surface area contributed by atoms with Crippen molar-refractivity contribution in [1.82, 2.24) is 15.1 Å². The Kier molecular flexibility index (Phi) is 6.29. The SMILES string of the molecule is CCCNC(=O)C1CCCN(C(=O)C2CC(=O)N(CC(F)(F)F)C2)C1. The van der Waals surface area contributed by atoms with Gasteiger partial charge in [0.1, 0.15) is 6.54 Å². The van der Waals surface area contributed by atoms with Gasteiger partial charge in [0, 0.05) is 32.6 Å². The third kappa shape index (κ3) is 5.34. The summed E-state index contributed by atoms with van der Waals surface area (Å²) in [5.74, 6) is -2.13. The van der Waals surface area contributed by atoms with E-state index in [0.29, 0.717) is 30.8 Å². The minimum atomic E-state index is -4.47. The van der Waals surface area contributed by atoms with E-state index in [4.69, 9.17) is 0 Å². The molecule has 0 bridgehead atoms. The molecule has 2 aliphatic heterocycles. The van der Waals surface area contributed by atoms with Crippen LogP contribution in [0.4, 0.5) is 13.2 Å². The van der Waals surface area contributed by atoms with Gasteiger partial charge in [-0.3, -0.25) is 14.4 Å². The van der Waals surface area contributed by atoms with E-state index in [0.717, 1.165) is 6.42 Å². The highest BCUT2D eigenvalue weighted by Gasteiger charge is 2.42. The van der Waals surface area contributed by atoms with Crippen molar-refractivity contribution >= 4 is 17.7 Å². The van der Waals surface area contributed by atoms with Crippen molar-refractivity contribution in [2.24, 2.45) is 11.8 Å². The minimum absolute atomic E-state index is 0.0967. The maximum absolute atomic E-state index is 12.6. The molecule has 9 heteroatoms. The molecule has 2 fully saturated rings. The van der Waals surface area contributed by atoms with Gasteiger partial charge in [0.2, 0.25) is 17.7 Å². The zero-order valence-corrected chi connectivity index (χ0v) is 14.3. The van der Waals surface area contributed by atoms with E-state index in [1.807, 2.05) is 6.92 Å². The molecule has 1 N–H and O–H groups in total. The summed E-state index contributed by atoms with van der Waals surface area (Å²) in [4.78, 5) is 38.6. The Morgan fingerprint density at radius 1 is 1.24 bits per heavy atom. The summed E-state index contributed by atoms with van der Waals surface area (Å²) in [6.07, 6.45) is -2.49. The highest BCUT2D eigenvalue weighted by Crippen LogP contribution is 2.27. The van der Waals surface area contributed by atoms with Crippen LogP contribution >= 0.6 is 0 Å². The topological polar surface area (TPSA) is 69.7 Å². The number of nitrogens with zero attached hydrogens (tertiary/aromatic N) is 2. The second-order valence-electron chi connectivity index (χ2n) is 6.70. The predicted octanol–water partition coefficient (Wildman–Crippen LogP) is 1.16. The standard InChI is InChI=1S/C16H24F3N3O3/c1-2-5-20-14(24)11-4-3-6-21(8-11)15(25)12-7-13(23)22(9-12)10-16(17,18)19/h11-12H,2-10H2,1H3,(H,20,24). The maximum atomic E-state index is 12.6. The molecule has 2 atom stereocenters. The van der Waals surface area contributed by atoms with Gasteiger partial charge in [-0.25, -0.2) is 0 Å². The zero-order valence-electron chi connectivity index (χ0n) is 14.3. The number of likely N-dealkylation sites (tertiary alicyclic amines) is 2. The highest BCUT2D eigenvalue weighted by molar-refractivity contribution is 5.89. The first-order chi connectivity index (χ1) is 11.7. The molecule has 6 nitrogen and oxygen atoms in total. The molecule has 0 aromatic rings. The molecule has 0 radical (unpaired) electrons. The third-order valence-corrected chi connectivity index (χ3v) is 4.59. The lowest BCUT2D eigenvalue weighted by molar-refractivity contribution is -0.157. The first-order valence-corrected chi connectivity index (χ1v) is 8.62. The summed E-state index contributed by atoms with van der Waals surface area (Å²) < 4.78 is 37.4. The molecular formula is C16H24F3N3O3. The summed E-state index contributed by atoms with van der Waals surface area (Å²) >= 11 is 0. The number of carbonyl (C=O) groups excluding carboxylic acids is 3. The lowest BCUT2D eigenvalue weighted by atomic mass is 9.95. The molecule has 2 aliphatic rings. The summed E-state index contributed by atoms with van der Waals surface area (Å²) in [5, 5.41) is 2.81. The number of amides is 3. The van der Waals surface area contributed by atoms with Gasteiger partial charge in [-0.15, -0.1) is 0 Å². The molecule has 2 rings (SSSR count). The van der Waals surface area contributed by atoms with Gasteiger partial charge in [-0.1, -0.05) is 6.92 Å². The fourth-order valence-corrected chi connectivity index (χ4v) is 3.35. The van der Waals surface area contributed by atoms with Crippen LogP contribution < -0.4 is 5.32 Å². The van der Waals surface area contributed by atoms with Crippen molar-refractivity contribution in [2.75, 3.05) is 32.7 Å². The molecule has 0 aliphatic carbocycles. The van der Waals surface area contributed by atoms with Crippen molar-refractivity contribution in [1.29, 1.82) is 0 Å². The summed E-state index contributed by atoms with van der Waals surface area (Å²) in [5.41, 5.74) is 0. The van der Waals surface area contributed by atoms with Crippen LogP contribution in [0.25, 0.3) is 0 Å². The Bertz CT molecular complexity index is 524. The largest absolute Gasteiger partial charge is 0.406 e. The summed E-state index contributed by atoms with van der Waals surface area (Å²) in [7, 11) is 0. The Morgan fingerprint density at radius 2 is 1.96 bits per heavy atom. The van der Waals surface area contributed by atoms with Crippen LogP contribution in [0.1, 0.15) is 32.6 Å². The molecule has 0 spiro atoms. The average molecular weight is 363 g/mol. The molecule has 3 amide bonds. The van der Waals surface area contributed by atoms with Crippen molar-refractivity contribution in [3.63, 3.8) is 0 Å². The van der Waals surface area contributed by atoms with Crippen molar-refractivity contribution in [2.45, 2.75) is 38.8 Å². The Labute approximate surface area is 144 Å². The number of carbonyl (C=O) groups is 3. The van der Waals surface area contributed by atoms with Gasteiger partial charge in [0.25, 0.3) is 0 Å². The van der Waals surface area contributed by atoms with Crippen LogP contribution in [0.5, 0.6) is 0 Å². The molecule has 0 saturated carbocycles. The number of rotatable bonds is 5. The van der Waals surface area contributed by atoms with Gasteiger partial charge in [-0.2, -0.15) is 13.2 Å². The quantitative estimate of drug-likeness (QED) is 0.797. The molecule has 0 aromatic heterocycles. The van der Waals surface area contributed by atoms with E-state index >= 15 is 0 Å². The summed E-state index contributed by atoms with van der Waals surface area (Å²) in [6, 6.07) is 0. The highest BCUT2D eigenvalue weighted by atomic mass is 19.4. The van der Waals surface area contributed by atoms with Gasteiger partial charge in [0.05, 0.1) is 11.8 Å². The smallest absolute Gasteiger partial charge is 0.356 e. The number of nitrogens with one attached hydrogen (secondary N) is 1. The van der Waals surface area contributed by atoms with E-state index in [2.05, 4.69) is 5.32 Å². The molecule has 2 saturated heterocycles. The monoisotopic (exact) mass is 363 g/mol. The first-order valence-electron chi connectivity index (χ1n) is 8.62. The van der Waals surface area contributed by atoms with Crippen molar-refractivity contribution < 1.29 is 27.6 Å². The normalized spacial score (nSPS) is 24.6. The maximum Gasteiger partial charge on any atom is 0.406 e. The van der Waals surface area contributed by atoms with E-state index < -0.39 is 24.5 Å². The fraction of sp³-hybridized carbons (Fsp3) is 0.812. The number of alkyl halides is 3. The zero-order chi connectivity index (χ0) is 18.6. The Morgan fingerprint density at radius 3 is 2.60 bits per heavy atom. The van der Waals surface area contributed by atoms with E-state index in [1.165, 1.54) is 4.90 Å². The van der Waals surface area contributed by atoms with Crippen LogP contribution in [-0.4, -0.2) is 66.4 Å². The van der Waals surface area contributed by atoms with E-state index in [9.17, 15) is 27.6 Å². The number of halogens is 3. The molecule has 142 valence electrons. The lowest BCUT2D eigenvalue weighted by Crippen LogP contribution is -2.47. The fourth-order valence-electron chi connectivity index (χ4n) is 3.35. The number of hydrogen-bond acceptors (Lipinski definition) is 3. The summed E-state index contributed by atoms with van der Waals surface area (Å²) in [6.45, 7) is 1.73. The molecule has 2 heterocycles. The van der Waals surface area contributed by atoms with Gasteiger partial charge >= 0.3 is 6.18 Å². The Balaban J connectivity index is 1.92. The van der Waals surface area contributed by atoms with Crippen LogP contribution in [0, 0.1) is 11.8 Å². The van der Waals surface area contributed by atoms with Crippen molar-refractivity contribution in [3.05, 3.63) is 0 Å². The molecule has 0 aromatic carbocycles.